The number of fused-ring (bicyclic) bond motifs is 1. The van der Waals surface area contributed by atoms with Crippen LogP contribution in [0.1, 0.15) is 43.7 Å². The molecule has 1 aromatic rings. The molecule has 7 heteroatoms. The predicted molar refractivity (Wildman–Crippen MR) is 109 cm³/mol. The molecule has 1 aliphatic heterocycles. The van der Waals surface area contributed by atoms with E-state index in [1.165, 1.54) is 17.5 Å². The van der Waals surface area contributed by atoms with Gasteiger partial charge in [0.25, 0.3) is 0 Å². The van der Waals surface area contributed by atoms with E-state index in [4.69, 9.17) is 12.2 Å². The molecule has 0 radical (unpaired) electrons. The molecule has 1 N–H and O–H groups in total. The first-order valence-corrected chi connectivity index (χ1v) is 11.5. The van der Waals surface area contributed by atoms with Crippen LogP contribution in [0.25, 0.3) is 0 Å². The van der Waals surface area contributed by atoms with Gasteiger partial charge in [0.2, 0.25) is 10.0 Å². The summed E-state index contributed by atoms with van der Waals surface area (Å²) in [7, 11) is -3.42. The van der Waals surface area contributed by atoms with E-state index in [2.05, 4.69) is 17.1 Å². The van der Waals surface area contributed by atoms with Crippen molar-refractivity contribution in [1.82, 2.24) is 14.5 Å². The normalized spacial score (nSPS) is 18.4. The summed E-state index contributed by atoms with van der Waals surface area (Å²) in [6, 6.07) is 5.68. The minimum absolute atomic E-state index is 0.440. The van der Waals surface area contributed by atoms with Crippen LogP contribution in [0, 0.1) is 0 Å². The maximum Gasteiger partial charge on any atom is 0.243 e. The Bertz CT molecular complexity index is 741. The molecule has 1 saturated heterocycles. The average Bonchev–Trinajstić information content (AvgIpc) is 2.67. The largest absolute Gasteiger partial charge is 0.363 e. The zero-order valence-corrected chi connectivity index (χ0v) is 17.2. The molecule has 144 valence electrons. The minimum atomic E-state index is -3.42. The Morgan fingerprint density at radius 3 is 2.50 bits per heavy atom. The first-order valence-electron chi connectivity index (χ1n) is 9.67. The third-order valence-electron chi connectivity index (χ3n) is 5.29. The Kier molecular flexibility index (Phi) is 6.53. The summed E-state index contributed by atoms with van der Waals surface area (Å²) in [4.78, 5) is 2.51. The maximum absolute atomic E-state index is 13.0. The minimum Gasteiger partial charge on any atom is -0.363 e. The van der Waals surface area contributed by atoms with Crippen LogP contribution < -0.4 is 5.32 Å². The highest BCUT2D eigenvalue weighted by molar-refractivity contribution is 7.89. The monoisotopic (exact) mass is 395 g/mol. The van der Waals surface area contributed by atoms with Crippen molar-refractivity contribution >= 4 is 27.4 Å². The first-order chi connectivity index (χ1) is 12.5. The summed E-state index contributed by atoms with van der Waals surface area (Å²) < 4.78 is 27.6. The Morgan fingerprint density at radius 1 is 1.12 bits per heavy atom. The maximum atomic E-state index is 13.0. The molecule has 0 saturated carbocycles. The lowest BCUT2D eigenvalue weighted by atomic mass is 9.92. The van der Waals surface area contributed by atoms with Crippen molar-refractivity contribution in [3.8, 4) is 0 Å². The quantitative estimate of drug-likeness (QED) is 0.613. The fourth-order valence-corrected chi connectivity index (χ4v) is 5.39. The molecule has 0 bridgehead atoms. The highest BCUT2D eigenvalue weighted by Crippen LogP contribution is 2.26. The smallest absolute Gasteiger partial charge is 0.243 e. The summed E-state index contributed by atoms with van der Waals surface area (Å²) in [6.07, 6.45) is 6.63. The van der Waals surface area contributed by atoms with Crippen molar-refractivity contribution in [1.29, 1.82) is 0 Å². The molecule has 0 unspecified atom stereocenters. The molecule has 3 rings (SSSR count). The SMILES string of the molecule is CCCCNC(=S)N1CCN(S(=O)(=O)c2ccc3c(c2)CCCC3)CC1. The summed E-state index contributed by atoms with van der Waals surface area (Å²) in [5.41, 5.74) is 2.51. The van der Waals surface area contributed by atoms with Gasteiger partial charge < -0.3 is 10.2 Å². The van der Waals surface area contributed by atoms with E-state index in [0.29, 0.717) is 31.1 Å². The summed E-state index contributed by atoms with van der Waals surface area (Å²) in [6.45, 7) is 5.27. The van der Waals surface area contributed by atoms with Gasteiger partial charge in [-0.05, 0) is 67.6 Å². The van der Waals surface area contributed by atoms with Gasteiger partial charge in [-0.1, -0.05) is 19.4 Å². The molecule has 1 fully saturated rings. The number of hydrogen-bond acceptors (Lipinski definition) is 3. The lowest BCUT2D eigenvalue weighted by molar-refractivity contribution is 0.264. The summed E-state index contributed by atoms with van der Waals surface area (Å²) in [5.74, 6) is 0. The molecule has 1 aromatic carbocycles. The number of hydrogen-bond donors (Lipinski definition) is 1. The van der Waals surface area contributed by atoms with Crippen LogP contribution in [-0.4, -0.2) is 55.5 Å². The van der Waals surface area contributed by atoms with Crippen LogP contribution in [0.3, 0.4) is 0 Å². The van der Waals surface area contributed by atoms with Crippen LogP contribution in [0.4, 0.5) is 0 Å². The van der Waals surface area contributed by atoms with E-state index in [1.807, 2.05) is 12.1 Å². The molecule has 1 heterocycles. The molecule has 1 aliphatic carbocycles. The van der Waals surface area contributed by atoms with Gasteiger partial charge in [0.15, 0.2) is 5.11 Å². The van der Waals surface area contributed by atoms with Gasteiger partial charge in [0.1, 0.15) is 0 Å². The van der Waals surface area contributed by atoms with E-state index in [1.54, 1.807) is 10.4 Å². The van der Waals surface area contributed by atoms with Gasteiger partial charge >= 0.3 is 0 Å². The topological polar surface area (TPSA) is 52.6 Å². The average molecular weight is 396 g/mol. The number of benzene rings is 1. The zero-order chi connectivity index (χ0) is 18.6. The second-order valence-electron chi connectivity index (χ2n) is 7.11. The molecule has 0 aromatic heterocycles. The highest BCUT2D eigenvalue weighted by atomic mass is 32.2. The number of nitrogens with zero attached hydrogens (tertiary/aromatic N) is 2. The van der Waals surface area contributed by atoms with Crippen LogP contribution in [0.2, 0.25) is 0 Å². The van der Waals surface area contributed by atoms with E-state index < -0.39 is 10.0 Å². The predicted octanol–water partition coefficient (Wildman–Crippen LogP) is 2.55. The van der Waals surface area contributed by atoms with E-state index in [0.717, 1.165) is 43.8 Å². The molecule has 0 amide bonds. The van der Waals surface area contributed by atoms with Crippen LogP contribution in [-0.2, 0) is 22.9 Å². The summed E-state index contributed by atoms with van der Waals surface area (Å²) >= 11 is 5.43. The highest BCUT2D eigenvalue weighted by Gasteiger charge is 2.29. The van der Waals surface area contributed by atoms with Gasteiger partial charge in [-0.15, -0.1) is 0 Å². The fraction of sp³-hybridized carbons (Fsp3) is 0.632. The molecule has 0 atom stereocenters. The third-order valence-corrected chi connectivity index (χ3v) is 7.59. The van der Waals surface area contributed by atoms with Crippen molar-refractivity contribution < 1.29 is 8.42 Å². The fourth-order valence-electron chi connectivity index (χ4n) is 3.63. The standard InChI is InChI=1S/C19H29N3O2S2/c1-2-3-10-20-19(25)21-11-13-22(14-12-21)26(23,24)18-9-8-16-6-4-5-7-17(16)15-18/h8-9,15H,2-7,10-14H2,1H3,(H,20,25). The Morgan fingerprint density at radius 2 is 1.81 bits per heavy atom. The van der Waals surface area contributed by atoms with Crippen molar-refractivity contribution in [2.45, 2.75) is 50.3 Å². The molecule has 2 aliphatic rings. The zero-order valence-electron chi connectivity index (χ0n) is 15.5. The second-order valence-corrected chi connectivity index (χ2v) is 9.44. The van der Waals surface area contributed by atoms with Crippen LogP contribution in [0.5, 0.6) is 0 Å². The van der Waals surface area contributed by atoms with Gasteiger partial charge in [-0.3, -0.25) is 0 Å². The Labute approximate surface area is 162 Å². The van der Waals surface area contributed by atoms with E-state index in [9.17, 15) is 8.42 Å². The number of piperazine rings is 1. The molecular weight excluding hydrogens is 366 g/mol. The van der Waals surface area contributed by atoms with Gasteiger partial charge in [0, 0.05) is 32.7 Å². The Hall–Kier alpha value is -1.18. The third kappa shape index (κ3) is 4.38. The Balaban J connectivity index is 1.62. The number of sulfonamides is 1. The van der Waals surface area contributed by atoms with Crippen LogP contribution >= 0.6 is 12.2 Å². The number of aryl methyl sites for hydroxylation is 2. The van der Waals surface area contributed by atoms with Crippen molar-refractivity contribution in [2.24, 2.45) is 0 Å². The number of rotatable bonds is 5. The molecule has 0 spiro atoms. The molecular formula is C19H29N3O2S2. The van der Waals surface area contributed by atoms with E-state index >= 15 is 0 Å². The number of thiocarbonyl (C=S) groups is 1. The second kappa shape index (κ2) is 8.67. The van der Waals surface area contributed by atoms with Crippen LogP contribution in [0.15, 0.2) is 23.1 Å². The van der Waals surface area contributed by atoms with Crippen molar-refractivity contribution in [3.63, 3.8) is 0 Å². The van der Waals surface area contributed by atoms with Crippen molar-refractivity contribution in [3.05, 3.63) is 29.3 Å². The van der Waals surface area contributed by atoms with E-state index in [-0.39, 0.29) is 0 Å². The number of unbranched alkanes of at least 4 members (excludes halogenated alkanes) is 1. The molecule has 5 nitrogen and oxygen atoms in total. The first kappa shape index (κ1) is 19.6. The number of nitrogens with one attached hydrogen (secondary N) is 1. The lowest BCUT2D eigenvalue weighted by Gasteiger charge is -2.35. The van der Waals surface area contributed by atoms with Gasteiger partial charge in [-0.2, -0.15) is 4.31 Å². The molecule has 26 heavy (non-hydrogen) atoms. The van der Waals surface area contributed by atoms with Crippen molar-refractivity contribution in [2.75, 3.05) is 32.7 Å². The van der Waals surface area contributed by atoms with Gasteiger partial charge in [-0.25, -0.2) is 8.42 Å². The lowest BCUT2D eigenvalue weighted by Crippen LogP contribution is -2.53. The van der Waals surface area contributed by atoms with Gasteiger partial charge in [0.05, 0.1) is 4.90 Å². The summed E-state index contributed by atoms with van der Waals surface area (Å²) in [5, 5.41) is 4.00.